The molecule has 0 amide bonds. The van der Waals surface area contributed by atoms with Crippen molar-refractivity contribution in [3.63, 3.8) is 0 Å². The first-order chi connectivity index (χ1) is 9.10. The maximum absolute atomic E-state index is 9.37. The topological polar surface area (TPSA) is 41.5 Å². The molecule has 0 unspecified atom stereocenters. The quantitative estimate of drug-likeness (QED) is 0.833. The fraction of sp³-hybridized carbons (Fsp3) is 0.200. The van der Waals surface area contributed by atoms with Crippen LogP contribution in [0.5, 0.6) is 11.5 Å². The molecule has 0 aromatic heterocycles. The lowest BCUT2D eigenvalue weighted by molar-refractivity contribution is 0.412. The maximum atomic E-state index is 9.37. The lowest BCUT2D eigenvalue weighted by Gasteiger charge is -2.11. The highest BCUT2D eigenvalue weighted by atomic mass is 79.9. The van der Waals surface area contributed by atoms with Crippen LogP contribution in [-0.4, -0.2) is 12.2 Å². The van der Waals surface area contributed by atoms with Gasteiger partial charge in [-0.15, -0.1) is 0 Å². The summed E-state index contributed by atoms with van der Waals surface area (Å²) in [7, 11) is 1.65. The van der Waals surface area contributed by atoms with Crippen LogP contribution < -0.4 is 10.1 Å². The second-order valence-electron chi connectivity index (χ2n) is 4.32. The minimum atomic E-state index is 0.287. The molecule has 4 heteroatoms. The number of benzene rings is 2. The van der Waals surface area contributed by atoms with Crippen LogP contribution in [0.3, 0.4) is 0 Å². The molecule has 19 heavy (non-hydrogen) atoms. The summed E-state index contributed by atoms with van der Waals surface area (Å²) in [6.45, 7) is 2.68. The lowest BCUT2D eigenvalue weighted by Crippen LogP contribution is -2.01. The molecule has 0 saturated heterocycles. The van der Waals surface area contributed by atoms with E-state index in [0.29, 0.717) is 6.54 Å². The Hall–Kier alpha value is -1.68. The van der Waals surface area contributed by atoms with Crippen LogP contribution in [0, 0.1) is 6.92 Å². The van der Waals surface area contributed by atoms with E-state index in [1.165, 1.54) is 0 Å². The van der Waals surface area contributed by atoms with Crippen LogP contribution in [0.2, 0.25) is 0 Å². The number of aromatic hydroxyl groups is 1. The molecule has 2 rings (SSSR count). The van der Waals surface area contributed by atoms with Gasteiger partial charge < -0.3 is 15.2 Å². The third-order valence-corrected chi connectivity index (χ3v) is 3.53. The average Bonchev–Trinajstić information content (AvgIpc) is 2.38. The first-order valence-electron chi connectivity index (χ1n) is 5.96. The van der Waals surface area contributed by atoms with Gasteiger partial charge in [-0.1, -0.05) is 6.07 Å². The van der Waals surface area contributed by atoms with Gasteiger partial charge in [0.05, 0.1) is 11.6 Å². The summed E-state index contributed by atoms with van der Waals surface area (Å²) in [4.78, 5) is 0. The Morgan fingerprint density at radius 3 is 2.63 bits per heavy atom. The Balaban J connectivity index is 2.08. The van der Waals surface area contributed by atoms with E-state index < -0.39 is 0 Å². The van der Waals surface area contributed by atoms with Crippen molar-refractivity contribution in [1.29, 1.82) is 0 Å². The van der Waals surface area contributed by atoms with E-state index in [0.717, 1.165) is 27.0 Å². The number of nitrogens with one attached hydrogen (secondary N) is 1. The molecule has 100 valence electrons. The SMILES string of the molecule is COc1ccc(CNc2ccc(O)cc2C)cc1Br. The Morgan fingerprint density at radius 2 is 2.00 bits per heavy atom. The van der Waals surface area contributed by atoms with Crippen molar-refractivity contribution in [2.24, 2.45) is 0 Å². The summed E-state index contributed by atoms with van der Waals surface area (Å²) in [6, 6.07) is 11.3. The van der Waals surface area contributed by atoms with Gasteiger partial charge in [0, 0.05) is 12.2 Å². The molecular weight excluding hydrogens is 306 g/mol. The molecule has 0 aliphatic heterocycles. The average molecular weight is 322 g/mol. The highest BCUT2D eigenvalue weighted by Crippen LogP contribution is 2.26. The van der Waals surface area contributed by atoms with E-state index in [9.17, 15) is 5.11 Å². The minimum absolute atomic E-state index is 0.287. The van der Waals surface area contributed by atoms with Gasteiger partial charge in [0.1, 0.15) is 11.5 Å². The van der Waals surface area contributed by atoms with Gasteiger partial charge in [0.2, 0.25) is 0 Å². The summed E-state index contributed by atoms with van der Waals surface area (Å²) in [5, 5.41) is 12.7. The van der Waals surface area contributed by atoms with E-state index >= 15 is 0 Å². The molecule has 3 nitrogen and oxygen atoms in total. The second kappa shape index (κ2) is 5.97. The molecule has 0 spiro atoms. The Morgan fingerprint density at radius 1 is 1.21 bits per heavy atom. The van der Waals surface area contributed by atoms with E-state index in [-0.39, 0.29) is 5.75 Å². The van der Waals surface area contributed by atoms with Crippen molar-refractivity contribution in [1.82, 2.24) is 0 Å². The molecule has 0 fully saturated rings. The monoisotopic (exact) mass is 321 g/mol. The molecule has 2 N–H and O–H groups in total. The van der Waals surface area contributed by atoms with Crippen molar-refractivity contribution in [3.05, 3.63) is 52.0 Å². The van der Waals surface area contributed by atoms with Crippen LogP contribution in [0.25, 0.3) is 0 Å². The molecule has 0 bridgehead atoms. The fourth-order valence-electron chi connectivity index (χ4n) is 1.86. The van der Waals surface area contributed by atoms with Crippen molar-refractivity contribution in [2.75, 3.05) is 12.4 Å². The smallest absolute Gasteiger partial charge is 0.133 e. The summed E-state index contributed by atoms with van der Waals surface area (Å²) < 4.78 is 6.14. The molecule has 0 atom stereocenters. The predicted molar refractivity (Wildman–Crippen MR) is 80.9 cm³/mol. The van der Waals surface area contributed by atoms with Crippen molar-refractivity contribution in [3.8, 4) is 11.5 Å². The van der Waals surface area contributed by atoms with Crippen LogP contribution in [0.15, 0.2) is 40.9 Å². The molecule has 0 saturated carbocycles. The zero-order chi connectivity index (χ0) is 13.8. The first kappa shape index (κ1) is 13.7. The molecule has 0 aliphatic carbocycles. The number of phenolic OH excluding ortho intramolecular Hbond substituents is 1. The first-order valence-corrected chi connectivity index (χ1v) is 6.75. The molecular formula is C15H16BrNO2. The van der Waals surface area contributed by atoms with E-state index in [4.69, 9.17) is 4.74 Å². The second-order valence-corrected chi connectivity index (χ2v) is 5.18. The number of methoxy groups -OCH3 is 1. The normalized spacial score (nSPS) is 10.3. The van der Waals surface area contributed by atoms with Gasteiger partial charge >= 0.3 is 0 Å². The van der Waals surface area contributed by atoms with Gasteiger partial charge in [-0.25, -0.2) is 0 Å². The molecule has 0 heterocycles. The van der Waals surface area contributed by atoms with Crippen LogP contribution >= 0.6 is 15.9 Å². The number of hydrogen-bond donors (Lipinski definition) is 2. The van der Waals surface area contributed by atoms with Gasteiger partial charge in [-0.3, -0.25) is 0 Å². The standard InChI is InChI=1S/C15H16BrNO2/c1-10-7-12(18)4-5-14(10)17-9-11-3-6-15(19-2)13(16)8-11/h3-8,17-18H,9H2,1-2H3. The zero-order valence-corrected chi connectivity index (χ0v) is 12.5. The summed E-state index contributed by atoms with van der Waals surface area (Å²) in [5.74, 6) is 1.11. The number of aryl methyl sites for hydroxylation is 1. The van der Waals surface area contributed by atoms with E-state index in [2.05, 4.69) is 21.2 Å². The van der Waals surface area contributed by atoms with E-state index in [1.807, 2.05) is 31.2 Å². The minimum Gasteiger partial charge on any atom is -0.508 e. The number of ether oxygens (including phenoxy) is 1. The van der Waals surface area contributed by atoms with Crippen molar-refractivity contribution < 1.29 is 9.84 Å². The van der Waals surface area contributed by atoms with Gasteiger partial charge in [-0.05, 0) is 64.3 Å². The summed E-state index contributed by atoms with van der Waals surface area (Å²) in [5.41, 5.74) is 3.19. The summed E-state index contributed by atoms with van der Waals surface area (Å²) >= 11 is 3.47. The molecule has 0 radical (unpaired) electrons. The third-order valence-electron chi connectivity index (χ3n) is 2.91. The van der Waals surface area contributed by atoms with Crippen LogP contribution in [0.1, 0.15) is 11.1 Å². The van der Waals surface area contributed by atoms with Crippen LogP contribution in [0.4, 0.5) is 5.69 Å². The Labute approximate surface area is 121 Å². The molecule has 2 aromatic carbocycles. The third kappa shape index (κ3) is 3.41. The van der Waals surface area contributed by atoms with E-state index in [1.54, 1.807) is 19.2 Å². The number of halogens is 1. The number of anilines is 1. The van der Waals surface area contributed by atoms with Gasteiger partial charge in [0.15, 0.2) is 0 Å². The lowest BCUT2D eigenvalue weighted by atomic mass is 10.1. The zero-order valence-electron chi connectivity index (χ0n) is 10.9. The number of rotatable bonds is 4. The largest absolute Gasteiger partial charge is 0.508 e. The number of hydrogen-bond acceptors (Lipinski definition) is 3. The summed E-state index contributed by atoms with van der Waals surface area (Å²) in [6.07, 6.45) is 0. The predicted octanol–water partition coefficient (Wildman–Crippen LogP) is 4.08. The fourth-order valence-corrected chi connectivity index (χ4v) is 2.45. The highest BCUT2D eigenvalue weighted by molar-refractivity contribution is 9.10. The molecule has 0 aliphatic rings. The van der Waals surface area contributed by atoms with Gasteiger partial charge in [-0.2, -0.15) is 0 Å². The van der Waals surface area contributed by atoms with Crippen LogP contribution in [-0.2, 0) is 6.54 Å². The highest BCUT2D eigenvalue weighted by Gasteiger charge is 2.03. The number of phenols is 1. The Kier molecular flexibility index (Phi) is 4.32. The Bertz CT molecular complexity index is 584. The van der Waals surface area contributed by atoms with Crippen molar-refractivity contribution in [2.45, 2.75) is 13.5 Å². The van der Waals surface area contributed by atoms with Gasteiger partial charge in [0.25, 0.3) is 0 Å². The molecule has 2 aromatic rings. The maximum Gasteiger partial charge on any atom is 0.133 e. The van der Waals surface area contributed by atoms with Crippen molar-refractivity contribution >= 4 is 21.6 Å².